The Morgan fingerprint density at radius 2 is 1.46 bits per heavy atom. The van der Waals surface area contributed by atoms with Gasteiger partial charge in [-0.1, -0.05) is 24.3 Å². The van der Waals surface area contributed by atoms with Crippen LogP contribution in [0, 0.1) is 29.1 Å². The van der Waals surface area contributed by atoms with Crippen molar-refractivity contribution in [3.05, 3.63) is 70.7 Å². The molecular weight excluding hydrogens is 357 g/mol. The molecule has 0 radical (unpaired) electrons. The second kappa shape index (κ2) is 6.58. The number of benzene rings is 2. The number of nitrogens with one attached hydrogen (secondary N) is 1. The van der Waals surface area contributed by atoms with Crippen molar-refractivity contribution in [3.8, 4) is 11.3 Å². The summed E-state index contributed by atoms with van der Waals surface area (Å²) in [5, 5.41) is 0. The SMILES string of the molecule is Nc1ncc(-c2ccc(CC(=O)c3c(F)c(F)c(F)c(F)c3F)cc2)[nH]1. The molecule has 0 aliphatic carbocycles. The molecular formula is C17H10F5N3O. The van der Waals surface area contributed by atoms with Gasteiger partial charge in [-0.2, -0.15) is 0 Å². The molecule has 2 aromatic carbocycles. The first-order chi connectivity index (χ1) is 12.3. The van der Waals surface area contributed by atoms with Gasteiger partial charge in [-0.05, 0) is 11.1 Å². The molecule has 0 spiro atoms. The number of hydrogen-bond donors (Lipinski definition) is 2. The molecule has 3 rings (SSSR count). The maximum Gasteiger partial charge on any atom is 0.200 e. The zero-order valence-corrected chi connectivity index (χ0v) is 12.9. The van der Waals surface area contributed by atoms with Gasteiger partial charge in [0.2, 0.25) is 5.82 Å². The Morgan fingerprint density at radius 3 is 1.96 bits per heavy atom. The van der Waals surface area contributed by atoms with Gasteiger partial charge >= 0.3 is 0 Å². The second-order valence-electron chi connectivity index (χ2n) is 5.42. The second-order valence-corrected chi connectivity index (χ2v) is 5.42. The largest absolute Gasteiger partial charge is 0.369 e. The third-order valence-corrected chi connectivity index (χ3v) is 3.71. The number of H-pyrrole nitrogens is 1. The lowest BCUT2D eigenvalue weighted by atomic mass is 10.00. The highest BCUT2D eigenvalue weighted by Gasteiger charge is 2.29. The number of aromatic nitrogens is 2. The van der Waals surface area contributed by atoms with Gasteiger partial charge < -0.3 is 10.7 Å². The van der Waals surface area contributed by atoms with E-state index in [-0.39, 0.29) is 5.95 Å². The van der Waals surface area contributed by atoms with Crippen molar-refractivity contribution >= 4 is 11.7 Å². The predicted molar refractivity (Wildman–Crippen MR) is 82.7 cm³/mol. The molecule has 0 atom stereocenters. The molecule has 0 saturated carbocycles. The molecule has 9 heteroatoms. The van der Waals surface area contributed by atoms with Crippen LogP contribution in [0.15, 0.2) is 30.5 Å². The predicted octanol–water partition coefficient (Wildman–Crippen LogP) is 3.78. The van der Waals surface area contributed by atoms with Gasteiger partial charge in [-0.25, -0.2) is 26.9 Å². The quantitative estimate of drug-likeness (QED) is 0.319. The Morgan fingerprint density at radius 1 is 0.923 bits per heavy atom. The van der Waals surface area contributed by atoms with Gasteiger partial charge in [0, 0.05) is 6.42 Å². The Balaban J connectivity index is 1.87. The smallest absolute Gasteiger partial charge is 0.200 e. The van der Waals surface area contributed by atoms with E-state index in [9.17, 15) is 26.7 Å². The number of aromatic amines is 1. The summed E-state index contributed by atoms with van der Waals surface area (Å²) in [4.78, 5) is 18.7. The summed E-state index contributed by atoms with van der Waals surface area (Å²) in [7, 11) is 0. The minimum atomic E-state index is -2.31. The highest BCUT2D eigenvalue weighted by molar-refractivity contribution is 5.98. The fourth-order valence-corrected chi connectivity index (χ4v) is 2.41. The number of carbonyl (C=O) groups excluding carboxylic acids is 1. The molecule has 1 heterocycles. The minimum absolute atomic E-state index is 0.213. The van der Waals surface area contributed by atoms with Crippen LogP contribution in [0.5, 0.6) is 0 Å². The van der Waals surface area contributed by atoms with E-state index in [0.717, 1.165) is 0 Å². The molecule has 0 saturated heterocycles. The third-order valence-electron chi connectivity index (χ3n) is 3.71. The summed E-state index contributed by atoms with van der Waals surface area (Å²) in [6.07, 6.45) is 0.952. The van der Waals surface area contributed by atoms with Crippen LogP contribution in [0.2, 0.25) is 0 Å². The topological polar surface area (TPSA) is 71.8 Å². The molecule has 0 fully saturated rings. The standard InChI is InChI=1S/C17H10F5N3O/c18-12-11(13(19)15(21)16(22)14(12)20)10(26)5-7-1-3-8(4-2-7)9-6-24-17(23)25-9/h1-4,6H,5H2,(H3,23,24,25). The maximum atomic E-state index is 13.7. The van der Waals surface area contributed by atoms with Crippen molar-refractivity contribution in [2.24, 2.45) is 0 Å². The summed E-state index contributed by atoms with van der Waals surface area (Å²) in [6, 6.07) is 6.15. The van der Waals surface area contributed by atoms with Gasteiger partial charge in [0.1, 0.15) is 0 Å². The molecule has 0 bridgehead atoms. The lowest BCUT2D eigenvalue weighted by molar-refractivity contribution is 0.0981. The Kier molecular flexibility index (Phi) is 4.45. The summed E-state index contributed by atoms with van der Waals surface area (Å²) in [5.74, 6) is -11.9. The molecule has 1 aromatic heterocycles. The number of Topliss-reactive ketones (excluding diaryl/α,β-unsaturated/α-hetero) is 1. The molecule has 0 amide bonds. The number of carbonyl (C=O) groups is 1. The van der Waals surface area contributed by atoms with Crippen LogP contribution in [0.1, 0.15) is 15.9 Å². The van der Waals surface area contributed by atoms with E-state index < -0.39 is 46.9 Å². The normalized spacial score (nSPS) is 11.0. The molecule has 0 unspecified atom stereocenters. The van der Waals surface area contributed by atoms with E-state index in [0.29, 0.717) is 16.8 Å². The van der Waals surface area contributed by atoms with E-state index in [4.69, 9.17) is 5.73 Å². The Bertz CT molecular complexity index is 969. The van der Waals surface area contributed by atoms with Gasteiger partial charge in [0.25, 0.3) is 0 Å². The van der Waals surface area contributed by atoms with Crippen molar-refractivity contribution < 1.29 is 26.7 Å². The summed E-state index contributed by atoms with van der Waals surface area (Å²) in [6.45, 7) is 0. The lowest BCUT2D eigenvalue weighted by Crippen LogP contribution is -2.14. The molecule has 0 aliphatic heterocycles. The van der Waals surface area contributed by atoms with Crippen LogP contribution in [0.4, 0.5) is 27.9 Å². The number of nitrogens with zero attached hydrogens (tertiary/aromatic N) is 1. The van der Waals surface area contributed by atoms with Crippen LogP contribution in [-0.2, 0) is 6.42 Å². The third kappa shape index (κ3) is 3.03. The number of anilines is 1. The van der Waals surface area contributed by atoms with Crippen LogP contribution in [0.3, 0.4) is 0 Å². The zero-order valence-electron chi connectivity index (χ0n) is 12.9. The minimum Gasteiger partial charge on any atom is -0.369 e. The van der Waals surface area contributed by atoms with Crippen molar-refractivity contribution in [2.45, 2.75) is 6.42 Å². The van der Waals surface area contributed by atoms with Crippen LogP contribution in [0.25, 0.3) is 11.3 Å². The molecule has 3 aromatic rings. The maximum absolute atomic E-state index is 13.7. The monoisotopic (exact) mass is 367 g/mol. The van der Waals surface area contributed by atoms with E-state index in [2.05, 4.69) is 9.97 Å². The Hall–Kier alpha value is -3.23. The average Bonchev–Trinajstić information content (AvgIpc) is 3.05. The number of imidazole rings is 1. The molecule has 26 heavy (non-hydrogen) atoms. The van der Waals surface area contributed by atoms with Crippen LogP contribution in [-0.4, -0.2) is 15.8 Å². The number of rotatable bonds is 4. The number of ketones is 1. The zero-order chi connectivity index (χ0) is 19.0. The fourth-order valence-electron chi connectivity index (χ4n) is 2.41. The summed E-state index contributed by atoms with van der Waals surface area (Å²) >= 11 is 0. The van der Waals surface area contributed by atoms with Crippen molar-refractivity contribution in [3.63, 3.8) is 0 Å². The summed E-state index contributed by atoms with van der Waals surface area (Å²) < 4.78 is 66.8. The first kappa shape index (κ1) is 17.6. The van der Waals surface area contributed by atoms with E-state index >= 15 is 0 Å². The summed E-state index contributed by atoms with van der Waals surface area (Å²) in [5.41, 5.74) is 5.64. The number of nitrogens with two attached hydrogens (primary N) is 1. The van der Waals surface area contributed by atoms with Crippen LogP contribution >= 0.6 is 0 Å². The number of halogens is 5. The fraction of sp³-hybridized carbons (Fsp3) is 0.0588. The Labute approximate surface area is 143 Å². The first-order valence-corrected chi connectivity index (χ1v) is 7.24. The van der Waals surface area contributed by atoms with Gasteiger partial charge in [0.15, 0.2) is 35.0 Å². The molecule has 134 valence electrons. The molecule has 3 N–H and O–H groups in total. The van der Waals surface area contributed by atoms with Crippen LogP contribution < -0.4 is 5.73 Å². The lowest BCUT2D eigenvalue weighted by Gasteiger charge is -2.08. The van der Waals surface area contributed by atoms with Gasteiger partial charge in [-0.3, -0.25) is 4.79 Å². The highest BCUT2D eigenvalue weighted by atomic mass is 19.2. The highest BCUT2D eigenvalue weighted by Crippen LogP contribution is 2.25. The van der Waals surface area contributed by atoms with E-state index in [1.807, 2.05) is 0 Å². The van der Waals surface area contributed by atoms with Crippen molar-refractivity contribution in [1.29, 1.82) is 0 Å². The van der Waals surface area contributed by atoms with E-state index in [1.165, 1.54) is 18.3 Å². The number of nitrogen functional groups attached to an aromatic ring is 1. The van der Waals surface area contributed by atoms with E-state index in [1.54, 1.807) is 12.1 Å². The average molecular weight is 367 g/mol. The van der Waals surface area contributed by atoms with Crippen molar-refractivity contribution in [2.75, 3.05) is 5.73 Å². The van der Waals surface area contributed by atoms with Gasteiger partial charge in [0.05, 0.1) is 17.5 Å². The number of hydrogen-bond acceptors (Lipinski definition) is 3. The first-order valence-electron chi connectivity index (χ1n) is 7.24. The molecule has 0 aliphatic rings. The van der Waals surface area contributed by atoms with Crippen molar-refractivity contribution in [1.82, 2.24) is 9.97 Å². The molecule has 4 nitrogen and oxygen atoms in total. The van der Waals surface area contributed by atoms with Gasteiger partial charge in [-0.15, -0.1) is 0 Å².